The molecule has 0 aliphatic carbocycles. The van der Waals surface area contributed by atoms with Crippen LogP contribution in [0.1, 0.15) is 20.3 Å². The molecule has 0 saturated heterocycles. The molecule has 5 nitrogen and oxygen atoms in total. The van der Waals surface area contributed by atoms with Gasteiger partial charge in [0.25, 0.3) is 0 Å². The Morgan fingerprint density at radius 3 is 2.37 bits per heavy atom. The Hall–Kier alpha value is -1.75. The molecule has 0 saturated carbocycles. The van der Waals surface area contributed by atoms with Crippen LogP contribution in [0.4, 0.5) is 16.2 Å². The third-order valence-corrected chi connectivity index (χ3v) is 2.87. The van der Waals surface area contributed by atoms with Crippen LogP contribution in [0.15, 0.2) is 24.3 Å². The van der Waals surface area contributed by atoms with Gasteiger partial charge in [-0.05, 0) is 44.5 Å². The fourth-order valence-corrected chi connectivity index (χ4v) is 1.80. The van der Waals surface area contributed by atoms with Crippen molar-refractivity contribution in [3.05, 3.63) is 24.3 Å². The van der Waals surface area contributed by atoms with Gasteiger partial charge in [0.2, 0.25) is 0 Å². The number of hydrogen-bond donors (Lipinski definition) is 3. The van der Waals surface area contributed by atoms with Gasteiger partial charge in [-0.3, -0.25) is 0 Å². The lowest BCUT2D eigenvalue weighted by atomic mass is 10.2. The van der Waals surface area contributed by atoms with Gasteiger partial charge in [-0.2, -0.15) is 0 Å². The Labute approximate surface area is 114 Å². The highest BCUT2D eigenvalue weighted by Gasteiger charge is 2.03. The summed E-state index contributed by atoms with van der Waals surface area (Å²) in [6.45, 7) is 6.71. The highest BCUT2D eigenvalue weighted by molar-refractivity contribution is 5.89. The lowest BCUT2D eigenvalue weighted by molar-refractivity contribution is 0.249. The monoisotopic (exact) mass is 265 g/mol. The zero-order valence-electron chi connectivity index (χ0n) is 11.6. The molecule has 0 aliphatic rings. The van der Waals surface area contributed by atoms with Crippen LogP contribution in [-0.4, -0.2) is 37.4 Å². The summed E-state index contributed by atoms with van der Waals surface area (Å²) in [4.78, 5) is 13.7. The summed E-state index contributed by atoms with van der Waals surface area (Å²) in [5, 5.41) is 14.0. The molecule has 19 heavy (non-hydrogen) atoms. The van der Waals surface area contributed by atoms with Crippen LogP contribution >= 0.6 is 0 Å². The highest BCUT2D eigenvalue weighted by atomic mass is 16.3. The van der Waals surface area contributed by atoms with Crippen LogP contribution in [0.5, 0.6) is 0 Å². The van der Waals surface area contributed by atoms with Crippen molar-refractivity contribution in [1.82, 2.24) is 5.32 Å². The molecule has 0 aliphatic heterocycles. The Morgan fingerprint density at radius 1 is 1.21 bits per heavy atom. The molecule has 1 rings (SSSR count). The van der Waals surface area contributed by atoms with Crippen LogP contribution in [0, 0.1) is 0 Å². The van der Waals surface area contributed by atoms with E-state index in [0.717, 1.165) is 24.5 Å². The van der Waals surface area contributed by atoms with Crippen molar-refractivity contribution in [1.29, 1.82) is 0 Å². The van der Waals surface area contributed by atoms with Gasteiger partial charge in [-0.1, -0.05) is 0 Å². The molecule has 0 aromatic heterocycles. The molecule has 0 atom stereocenters. The summed E-state index contributed by atoms with van der Waals surface area (Å²) >= 11 is 0. The normalized spacial score (nSPS) is 10.1. The van der Waals surface area contributed by atoms with E-state index < -0.39 is 0 Å². The molecule has 1 aromatic rings. The molecule has 2 amide bonds. The van der Waals surface area contributed by atoms with Gasteiger partial charge in [0.15, 0.2) is 0 Å². The summed E-state index contributed by atoms with van der Waals surface area (Å²) in [7, 11) is 0. The minimum Gasteiger partial charge on any atom is -0.396 e. The fourth-order valence-electron chi connectivity index (χ4n) is 1.80. The second-order valence-corrected chi connectivity index (χ2v) is 4.18. The van der Waals surface area contributed by atoms with E-state index in [1.54, 1.807) is 0 Å². The number of urea groups is 1. The largest absolute Gasteiger partial charge is 0.396 e. The fraction of sp³-hybridized carbons (Fsp3) is 0.500. The molecular formula is C14H23N3O2. The number of amides is 2. The zero-order valence-corrected chi connectivity index (χ0v) is 11.6. The number of nitrogens with zero attached hydrogens (tertiary/aromatic N) is 1. The maximum absolute atomic E-state index is 11.5. The van der Waals surface area contributed by atoms with Crippen molar-refractivity contribution in [2.75, 3.05) is 36.5 Å². The molecule has 0 heterocycles. The number of benzene rings is 1. The average Bonchev–Trinajstić information content (AvgIpc) is 2.42. The predicted molar refractivity (Wildman–Crippen MR) is 78.7 cm³/mol. The van der Waals surface area contributed by atoms with Crippen LogP contribution in [0.2, 0.25) is 0 Å². The summed E-state index contributed by atoms with van der Waals surface area (Å²) in [5.41, 5.74) is 1.91. The van der Waals surface area contributed by atoms with Crippen LogP contribution in [-0.2, 0) is 0 Å². The zero-order chi connectivity index (χ0) is 14.1. The van der Waals surface area contributed by atoms with Gasteiger partial charge in [0.1, 0.15) is 0 Å². The molecule has 0 unspecified atom stereocenters. The molecule has 1 aromatic carbocycles. The van der Waals surface area contributed by atoms with Gasteiger partial charge in [-0.25, -0.2) is 4.79 Å². The number of anilines is 2. The van der Waals surface area contributed by atoms with E-state index in [9.17, 15) is 4.79 Å². The average molecular weight is 265 g/mol. The maximum atomic E-state index is 11.5. The number of nitrogens with one attached hydrogen (secondary N) is 2. The van der Waals surface area contributed by atoms with E-state index >= 15 is 0 Å². The third-order valence-electron chi connectivity index (χ3n) is 2.87. The van der Waals surface area contributed by atoms with Gasteiger partial charge >= 0.3 is 6.03 Å². The molecule has 3 N–H and O–H groups in total. The molecular weight excluding hydrogens is 242 g/mol. The third kappa shape index (κ3) is 5.18. The van der Waals surface area contributed by atoms with E-state index in [-0.39, 0.29) is 12.6 Å². The van der Waals surface area contributed by atoms with E-state index in [4.69, 9.17) is 5.11 Å². The van der Waals surface area contributed by atoms with Crippen molar-refractivity contribution in [2.45, 2.75) is 20.3 Å². The second kappa shape index (κ2) is 8.37. The topological polar surface area (TPSA) is 64.6 Å². The van der Waals surface area contributed by atoms with Crippen molar-refractivity contribution in [2.24, 2.45) is 0 Å². The summed E-state index contributed by atoms with van der Waals surface area (Å²) in [5.74, 6) is 0. The molecule has 0 fully saturated rings. The molecule has 0 radical (unpaired) electrons. The van der Waals surface area contributed by atoms with Crippen LogP contribution in [0.3, 0.4) is 0 Å². The SMILES string of the molecule is CCN(CC)c1ccc(NC(=O)NCCCO)cc1. The van der Waals surface area contributed by atoms with E-state index in [1.807, 2.05) is 24.3 Å². The van der Waals surface area contributed by atoms with Crippen molar-refractivity contribution >= 4 is 17.4 Å². The number of hydrogen-bond acceptors (Lipinski definition) is 3. The summed E-state index contributed by atoms with van der Waals surface area (Å²) in [6.07, 6.45) is 0.564. The smallest absolute Gasteiger partial charge is 0.319 e. The van der Waals surface area contributed by atoms with Gasteiger partial charge in [0, 0.05) is 37.6 Å². The predicted octanol–water partition coefficient (Wildman–Crippen LogP) is 2.04. The lowest BCUT2D eigenvalue weighted by Gasteiger charge is -2.21. The first-order valence-electron chi connectivity index (χ1n) is 6.72. The summed E-state index contributed by atoms with van der Waals surface area (Å²) in [6, 6.07) is 7.52. The van der Waals surface area contributed by atoms with E-state index in [2.05, 4.69) is 29.4 Å². The minimum absolute atomic E-state index is 0.0822. The number of rotatable bonds is 7. The van der Waals surface area contributed by atoms with E-state index in [1.165, 1.54) is 0 Å². The van der Waals surface area contributed by atoms with Crippen molar-refractivity contribution in [3.63, 3.8) is 0 Å². The van der Waals surface area contributed by atoms with Crippen molar-refractivity contribution in [3.8, 4) is 0 Å². The minimum atomic E-state index is -0.246. The Kier molecular flexibility index (Phi) is 6.74. The van der Waals surface area contributed by atoms with Gasteiger partial charge in [0.05, 0.1) is 0 Å². The lowest BCUT2D eigenvalue weighted by Crippen LogP contribution is -2.29. The van der Waals surface area contributed by atoms with Crippen molar-refractivity contribution < 1.29 is 9.90 Å². The Morgan fingerprint density at radius 2 is 1.84 bits per heavy atom. The second-order valence-electron chi connectivity index (χ2n) is 4.18. The molecule has 0 spiro atoms. The number of carbonyl (C=O) groups excluding carboxylic acids is 1. The maximum Gasteiger partial charge on any atom is 0.319 e. The number of carbonyl (C=O) groups is 1. The first kappa shape index (κ1) is 15.3. The van der Waals surface area contributed by atoms with Crippen LogP contribution in [0.25, 0.3) is 0 Å². The van der Waals surface area contributed by atoms with Gasteiger partial charge in [-0.15, -0.1) is 0 Å². The molecule has 5 heteroatoms. The first-order chi connectivity index (χ1) is 9.21. The Bertz CT molecular complexity index is 375. The number of aliphatic hydroxyl groups is 1. The summed E-state index contributed by atoms with van der Waals surface area (Å²) < 4.78 is 0. The standard InChI is InChI=1S/C14H23N3O2/c1-3-17(4-2)13-8-6-12(7-9-13)16-14(19)15-10-5-11-18/h6-9,18H,3-5,10-11H2,1-2H3,(H2,15,16,19). The molecule has 106 valence electrons. The Balaban J connectivity index is 2.50. The van der Waals surface area contributed by atoms with Gasteiger partial charge < -0.3 is 20.6 Å². The van der Waals surface area contributed by atoms with Crippen LogP contribution < -0.4 is 15.5 Å². The highest BCUT2D eigenvalue weighted by Crippen LogP contribution is 2.17. The van der Waals surface area contributed by atoms with E-state index in [0.29, 0.717) is 13.0 Å². The first-order valence-corrected chi connectivity index (χ1v) is 6.72. The quantitative estimate of drug-likeness (QED) is 0.661. The molecule has 0 bridgehead atoms. The number of aliphatic hydroxyl groups excluding tert-OH is 1.